The third kappa shape index (κ3) is 7.53. The second kappa shape index (κ2) is 14.0. The highest BCUT2D eigenvalue weighted by atomic mass is 35.5. The fourth-order valence-electron chi connectivity index (χ4n) is 4.07. The van der Waals surface area contributed by atoms with Crippen LogP contribution in [0.15, 0.2) is 77.7 Å². The smallest absolute Gasteiger partial charge is 0.264 e. The quantitative estimate of drug-likeness (QED) is 0.271. The summed E-state index contributed by atoms with van der Waals surface area (Å²) in [7, 11) is -4.30. The van der Waals surface area contributed by atoms with Crippen LogP contribution >= 0.6 is 23.2 Å². The fourth-order valence-corrected chi connectivity index (χ4v) is 6.00. The number of amides is 2. The molecule has 0 radical (unpaired) electrons. The van der Waals surface area contributed by atoms with E-state index in [0.29, 0.717) is 22.0 Å². The van der Waals surface area contributed by atoms with Gasteiger partial charge in [0.05, 0.1) is 10.6 Å². The number of sulfonamides is 1. The molecule has 0 aliphatic carbocycles. The first-order chi connectivity index (χ1) is 19.0. The second-order valence-electron chi connectivity index (χ2n) is 9.26. The largest absolute Gasteiger partial charge is 0.352 e. The van der Waals surface area contributed by atoms with Gasteiger partial charge in [-0.2, -0.15) is 0 Å². The Balaban J connectivity index is 2.07. The van der Waals surface area contributed by atoms with E-state index in [1.54, 1.807) is 55.5 Å². The van der Waals surface area contributed by atoms with E-state index in [2.05, 4.69) is 5.32 Å². The summed E-state index contributed by atoms with van der Waals surface area (Å²) in [5.74, 6) is -1.61. The van der Waals surface area contributed by atoms with Crippen molar-refractivity contribution in [3.8, 4) is 0 Å². The number of hydrogen-bond donors (Lipinski definition) is 1. The average Bonchev–Trinajstić information content (AvgIpc) is 2.93. The number of halogens is 3. The minimum Gasteiger partial charge on any atom is -0.352 e. The van der Waals surface area contributed by atoms with Gasteiger partial charge in [0, 0.05) is 28.2 Å². The number of benzene rings is 3. The molecule has 1 N–H and O–H groups in total. The van der Waals surface area contributed by atoms with Crippen molar-refractivity contribution >= 4 is 50.7 Å². The lowest BCUT2D eigenvalue weighted by molar-refractivity contribution is -0.140. The molecular weight excluding hydrogens is 576 g/mol. The molecule has 0 aliphatic rings. The lowest BCUT2D eigenvalue weighted by atomic mass is 10.1. The molecule has 11 heteroatoms. The molecule has 0 bridgehead atoms. The number of nitrogens with one attached hydrogen (secondary N) is 1. The molecule has 7 nitrogen and oxygen atoms in total. The van der Waals surface area contributed by atoms with E-state index in [9.17, 15) is 22.4 Å². The summed E-state index contributed by atoms with van der Waals surface area (Å²) in [6.07, 6.45) is 0.941. The van der Waals surface area contributed by atoms with Crippen molar-refractivity contribution in [2.75, 3.05) is 10.8 Å². The van der Waals surface area contributed by atoms with Crippen molar-refractivity contribution in [3.05, 3.63) is 94.2 Å². The summed E-state index contributed by atoms with van der Waals surface area (Å²) in [6.45, 7) is 4.80. The molecule has 0 saturated carbocycles. The third-order valence-electron chi connectivity index (χ3n) is 6.50. The van der Waals surface area contributed by atoms with E-state index in [1.165, 1.54) is 4.90 Å². The number of para-hydroxylation sites is 1. The molecule has 0 unspecified atom stereocenters. The van der Waals surface area contributed by atoms with E-state index in [4.69, 9.17) is 23.2 Å². The van der Waals surface area contributed by atoms with Gasteiger partial charge in [-0.05, 0) is 68.3 Å². The minimum atomic E-state index is -4.30. The number of rotatable bonds is 12. The number of carbonyl (C=O) groups excluding carboxylic acids is 2. The summed E-state index contributed by atoms with van der Waals surface area (Å²) >= 11 is 12.8. The zero-order chi connectivity index (χ0) is 29.4. The minimum absolute atomic E-state index is 0.122. The molecule has 40 heavy (non-hydrogen) atoms. The van der Waals surface area contributed by atoms with Gasteiger partial charge in [-0.3, -0.25) is 13.9 Å². The monoisotopic (exact) mass is 607 g/mol. The zero-order valence-corrected chi connectivity index (χ0v) is 24.8. The van der Waals surface area contributed by atoms with Gasteiger partial charge in [0.25, 0.3) is 10.0 Å². The Morgan fingerprint density at radius 2 is 1.50 bits per heavy atom. The molecule has 0 fully saturated rings. The molecule has 0 heterocycles. The maximum atomic E-state index is 14.0. The number of nitrogens with zero attached hydrogens (tertiary/aromatic N) is 2. The normalized spacial score (nSPS) is 12.8. The first-order valence-corrected chi connectivity index (χ1v) is 15.0. The first kappa shape index (κ1) is 31.4. The van der Waals surface area contributed by atoms with Crippen LogP contribution in [-0.2, 0) is 26.2 Å². The van der Waals surface area contributed by atoms with E-state index >= 15 is 0 Å². The highest BCUT2D eigenvalue weighted by Gasteiger charge is 2.34. The molecule has 0 aromatic heterocycles. The van der Waals surface area contributed by atoms with Gasteiger partial charge < -0.3 is 10.2 Å². The van der Waals surface area contributed by atoms with Crippen LogP contribution in [0, 0.1) is 5.82 Å². The topological polar surface area (TPSA) is 86.8 Å². The second-order valence-corrected chi connectivity index (χ2v) is 11.9. The van der Waals surface area contributed by atoms with Crippen LogP contribution in [-0.4, -0.2) is 43.8 Å². The van der Waals surface area contributed by atoms with Gasteiger partial charge >= 0.3 is 0 Å². The SMILES string of the molecule is CC[C@H](C(=O)N[C@@H](C)CC)N(Cc1c(Cl)cccc1Cl)C(=O)CN(c1ccccc1)S(=O)(=O)c1ccc(F)cc1. The van der Waals surface area contributed by atoms with Crippen LogP contribution in [0.4, 0.5) is 10.1 Å². The molecule has 2 amide bonds. The molecule has 0 spiro atoms. The predicted molar refractivity (Wildman–Crippen MR) is 156 cm³/mol. The first-order valence-electron chi connectivity index (χ1n) is 12.9. The van der Waals surface area contributed by atoms with Crippen molar-refractivity contribution < 1.29 is 22.4 Å². The molecule has 0 saturated heterocycles. The molecule has 3 rings (SSSR count). The molecule has 214 valence electrons. The maximum absolute atomic E-state index is 14.0. The summed E-state index contributed by atoms with van der Waals surface area (Å²) in [6, 6.07) is 16.3. The van der Waals surface area contributed by atoms with Gasteiger partial charge in [-0.15, -0.1) is 0 Å². The number of carbonyl (C=O) groups is 2. The Kier molecular flexibility index (Phi) is 11.0. The van der Waals surface area contributed by atoms with E-state index < -0.39 is 34.3 Å². The van der Waals surface area contributed by atoms with Crippen molar-refractivity contribution in [2.24, 2.45) is 0 Å². The summed E-state index contributed by atoms with van der Waals surface area (Å²) in [4.78, 5) is 28.5. The maximum Gasteiger partial charge on any atom is 0.264 e. The molecule has 2 atom stereocenters. The van der Waals surface area contributed by atoms with Gasteiger partial charge in [-0.25, -0.2) is 12.8 Å². The molecule has 3 aromatic carbocycles. The van der Waals surface area contributed by atoms with Gasteiger partial charge in [0.2, 0.25) is 11.8 Å². The lowest BCUT2D eigenvalue weighted by Crippen LogP contribution is -2.53. The summed E-state index contributed by atoms with van der Waals surface area (Å²) in [5, 5.41) is 3.52. The Labute approximate surface area is 244 Å². The average molecular weight is 609 g/mol. The Morgan fingerprint density at radius 3 is 2.05 bits per heavy atom. The summed E-state index contributed by atoms with van der Waals surface area (Å²) < 4.78 is 42.0. The van der Waals surface area contributed by atoms with Crippen molar-refractivity contribution in [3.63, 3.8) is 0 Å². The highest BCUT2D eigenvalue weighted by Crippen LogP contribution is 2.29. The highest BCUT2D eigenvalue weighted by molar-refractivity contribution is 7.92. The number of hydrogen-bond acceptors (Lipinski definition) is 4. The van der Waals surface area contributed by atoms with E-state index in [-0.39, 0.29) is 35.5 Å². The van der Waals surface area contributed by atoms with Gasteiger partial charge in [-0.1, -0.05) is 61.3 Å². The van der Waals surface area contributed by atoms with Crippen LogP contribution in [0.5, 0.6) is 0 Å². The van der Waals surface area contributed by atoms with Crippen molar-refractivity contribution in [1.82, 2.24) is 10.2 Å². The predicted octanol–water partition coefficient (Wildman–Crippen LogP) is 6.05. The van der Waals surface area contributed by atoms with Gasteiger partial charge in [0.1, 0.15) is 18.4 Å². The molecule has 3 aromatic rings. The van der Waals surface area contributed by atoms with Crippen LogP contribution in [0.2, 0.25) is 10.0 Å². The number of anilines is 1. The molecule has 0 aliphatic heterocycles. The molecular formula is C29H32Cl2FN3O4S. The van der Waals surface area contributed by atoms with Crippen LogP contribution in [0.3, 0.4) is 0 Å². The van der Waals surface area contributed by atoms with Crippen molar-refractivity contribution in [2.45, 2.75) is 57.1 Å². The zero-order valence-electron chi connectivity index (χ0n) is 22.5. The van der Waals surface area contributed by atoms with Crippen molar-refractivity contribution in [1.29, 1.82) is 0 Å². The lowest BCUT2D eigenvalue weighted by Gasteiger charge is -2.34. The Hall–Kier alpha value is -3.14. The summed E-state index contributed by atoms with van der Waals surface area (Å²) in [5.41, 5.74) is 0.662. The van der Waals surface area contributed by atoms with Crippen LogP contribution in [0.1, 0.15) is 39.2 Å². The standard InChI is InChI=1S/C29H32Cl2FN3O4S/c1-4-20(3)33-29(37)27(5-2)34(18-24-25(30)12-9-13-26(24)31)28(36)19-35(22-10-7-6-8-11-22)40(38,39)23-16-14-21(32)15-17-23/h6-17,20,27H,4-5,18-19H2,1-3H3,(H,33,37)/t20-,27+/m0/s1. The fraction of sp³-hybridized carbons (Fsp3) is 0.310. The van der Waals surface area contributed by atoms with Crippen LogP contribution < -0.4 is 9.62 Å². The van der Waals surface area contributed by atoms with Crippen LogP contribution in [0.25, 0.3) is 0 Å². The Morgan fingerprint density at radius 1 is 0.900 bits per heavy atom. The third-order valence-corrected chi connectivity index (χ3v) is 9.00. The van der Waals surface area contributed by atoms with E-state index in [0.717, 1.165) is 28.6 Å². The van der Waals surface area contributed by atoms with E-state index in [1.807, 2.05) is 13.8 Å². The van der Waals surface area contributed by atoms with Gasteiger partial charge in [0.15, 0.2) is 0 Å². The Bertz CT molecular complexity index is 1400.